The van der Waals surface area contributed by atoms with E-state index >= 15 is 0 Å². The molecule has 1 N–H and O–H groups in total. The molecule has 0 saturated carbocycles. The second-order valence-corrected chi connectivity index (χ2v) is 5.80. The number of rotatable bonds is 2. The topological polar surface area (TPSA) is 25.2 Å². The van der Waals surface area contributed by atoms with Crippen molar-refractivity contribution in [3.8, 4) is 0 Å². The summed E-state index contributed by atoms with van der Waals surface area (Å²) < 4.78 is 3.38. The van der Waals surface area contributed by atoms with Gasteiger partial charge in [0.1, 0.15) is 0 Å². The average Bonchev–Trinajstić information content (AvgIpc) is 2.74. The second kappa shape index (κ2) is 4.90. The Morgan fingerprint density at radius 3 is 3.06 bits per heavy atom. The molecule has 0 fully saturated rings. The molecule has 2 aromatic rings. The molecule has 18 heavy (non-hydrogen) atoms. The minimum Gasteiger partial charge on any atom is -0.388 e. The molecule has 1 aliphatic carbocycles. The fourth-order valence-electron chi connectivity index (χ4n) is 2.71. The third-order valence-electron chi connectivity index (χ3n) is 3.61. The van der Waals surface area contributed by atoms with Gasteiger partial charge >= 0.3 is 0 Å². The van der Waals surface area contributed by atoms with Gasteiger partial charge in [0.2, 0.25) is 0 Å². The molecule has 0 amide bonds. The van der Waals surface area contributed by atoms with Gasteiger partial charge in [-0.2, -0.15) is 0 Å². The van der Waals surface area contributed by atoms with Crippen molar-refractivity contribution in [2.75, 3.05) is 0 Å². The predicted octanol–water partition coefficient (Wildman–Crippen LogP) is 3.67. The van der Waals surface area contributed by atoms with E-state index < -0.39 is 0 Å². The zero-order chi connectivity index (χ0) is 12.5. The minimum atomic E-state index is -0.266. The largest absolute Gasteiger partial charge is 0.388 e. The van der Waals surface area contributed by atoms with Gasteiger partial charge in [0.25, 0.3) is 0 Å². The molecule has 1 unspecified atom stereocenters. The van der Waals surface area contributed by atoms with Gasteiger partial charge in [0, 0.05) is 28.5 Å². The van der Waals surface area contributed by atoms with Gasteiger partial charge in [0.15, 0.2) is 0 Å². The van der Waals surface area contributed by atoms with Crippen molar-refractivity contribution >= 4 is 15.9 Å². The molecule has 1 atom stereocenters. The Kier molecular flexibility index (Phi) is 3.27. The molecule has 2 nitrogen and oxygen atoms in total. The monoisotopic (exact) mass is 305 g/mol. The molecular formula is C15H16BrNO. The van der Waals surface area contributed by atoms with Gasteiger partial charge in [-0.05, 0) is 43.0 Å². The van der Waals surface area contributed by atoms with Crippen LogP contribution in [0.4, 0.5) is 0 Å². The fourth-order valence-corrected chi connectivity index (χ4v) is 3.16. The Bertz CT molecular complexity index is 561. The smallest absolute Gasteiger partial charge is 0.0807 e. The number of hydrogen-bond acceptors (Lipinski definition) is 1. The Labute approximate surface area is 115 Å². The van der Waals surface area contributed by atoms with Gasteiger partial charge < -0.3 is 9.67 Å². The van der Waals surface area contributed by atoms with E-state index in [2.05, 4.69) is 51.0 Å². The van der Waals surface area contributed by atoms with Crippen molar-refractivity contribution in [3.05, 3.63) is 57.8 Å². The summed E-state index contributed by atoms with van der Waals surface area (Å²) in [7, 11) is 0. The van der Waals surface area contributed by atoms with Crippen molar-refractivity contribution in [1.82, 2.24) is 4.57 Å². The van der Waals surface area contributed by atoms with E-state index in [1.54, 1.807) is 0 Å². The van der Waals surface area contributed by atoms with Crippen molar-refractivity contribution in [3.63, 3.8) is 0 Å². The lowest BCUT2D eigenvalue weighted by molar-refractivity contribution is 0.156. The van der Waals surface area contributed by atoms with E-state index in [9.17, 15) is 5.11 Å². The van der Waals surface area contributed by atoms with Crippen LogP contribution >= 0.6 is 15.9 Å². The molecule has 1 heterocycles. The van der Waals surface area contributed by atoms with Crippen LogP contribution in [0.25, 0.3) is 0 Å². The fraction of sp³-hybridized carbons (Fsp3) is 0.333. The number of aliphatic hydroxyl groups is 1. The maximum atomic E-state index is 9.96. The van der Waals surface area contributed by atoms with Crippen molar-refractivity contribution in [2.24, 2.45) is 0 Å². The first kappa shape index (κ1) is 12.0. The van der Waals surface area contributed by atoms with Crippen LogP contribution < -0.4 is 0 Å². The maximum Gasteiger partial charge on any atom is 0.0807 e. The summed E-state index contributed by atoms with van der Waals surface area (Å²) in [4.78, 5) is 0. The highest BCUT2D eigenvalue weighted by Gasteiger charge is 2.20. The lowest BCUT2D eigenvalue weighted by Gasteiger charge is -2.20. The summed E-state index contributed by atoms with van der Waals surface area (Å²) in [5.41, 5.74) is 3.70. The van der Waals surface area contributed by atoms with Crippen LogP contribution in [-0.2, 0) is 13.0 Å². The molecule has 1 aromatic heterocycles. The number of aromatic nitrogens is 1. The summed E-state index contributed by atoms with van der Waals surface area (Å²) in [6, 6.07) is 10.4. The zero-order valence-corrected chi connectivity index (χ0v) is 11.7. The summed E-state index contributed by atoms with van der Waals surface area (Å²) in [5.74, 6) is 0. The number of fused-ring (bicyclic) bond motifs is 1. The van der Waals surface area contributed by atoms with E-state index in [0.29, 0.717) is 0 Å². The van der Waals surface area contributed by atoms with Gasteiger partial charge in [-0.25, -0.2) is 0 Å². The Morgan fingerprint density at radius 1 is 1.33 bits per heavy atom. The minimum absolute atomic E-state index is 0.266. The van der Waals surface area contributed by atoms with Crippen LogP contribution in [0.3, 0.4) is 0 Å². The first-order chi connectivity index (χ1) is 8.74. The zero-order valence-electron chi connectivity index (χ0n) is 10.1. The van der Waals surface area contributed by atoms with Gasteiger partial charge in [-0.3, -0.25) is 0 Å². The highest BCUT2D eigenvalue weighted by Crippen LogP contribution is 2.30. The molecule has 1 aromatic carbocycles. The summed E-state index contributed by atoms with van der Waals surface area (Å²) in [6.45, 7) is 0.876. The average molecular weight is 306 g/mol. The number of aliphatic hydroxyl groups excluding tert-OH is 1. The molecule has 0 radical (unpaired) electrons. The van der Waals surface area contributed by atoms with Crippen LogP contribution in [0.1, 0.15) is 35.8 Å². The summed E-state index contributed by atoms with van der Waals surface area (Å²) in [6.07, 6.45) is 4.88. The van der Waals surface area contributed by atoms with E-state index in [0.717, 1.165) is 35.8 Å². The quantitative estimate of drug-likeness (QED) is 0.900. The Hall–Kier alpha value is -1.06. The van der Waals surface area contributed by atoms with Gasteiger partial charge in [-0.1, -0.05) is 28.1 Å². The van der Waals surface area contributed by atoms with Crippen LogP contribution in [0.2, 0.25) is 0 Å². The maximum absolute atomic E-state index is 9.96. The summed E-state index contributed by atoms with van der Waals surface area (Å²) >= 11 is 3.50. The molecule has 3 rings (SSSR count). The molecule has 0 spiro atoms. The third-order valence-corrected chi connectivity index (χ3v) is 4.10. The molecule has 0 saturated heterocycles. The highest BCUT2D eigenvalue weighted by atomic mass is 79.9. The normalized spacial score (nSPS) is 18.7. The van der Waals surface area contributed by atoms with Crippen LogP contribution in [0.15, 0.2) is 41.0 Å². The van der Waals surface area contributed by atoms with Crippen LogP contribution in [0, 0.1) is 0 Å². The highest BCUT2D eigenvalue weighted by molar-refractivity contribution is 9.10. The number of nitrogens with zero attached hydrogens (tertiary/aromatic N) is 1. The van der Waals surface area contributed by atoms with Crippen LogP contribution in [0.5, 0.6) is 0 Å². The predicted molar refractivity (Wildman–Crippen MR) is 75.6 cm³/mol. The first-order valence-corrected chi connectivity index (χ1v) is 7.14. The second-order valence-electron chi connectivity index (χ2n) is 4.88. The van der Waals surface area contributed by atoms with Crippen molar-refractivity contribution in [1.29, 1.82) is 0 Å². The lowest BCUT2D eigenvalue weighted by atomic mass is 9.95. The molecule has 0 aliphatic heterocycles. The number of benzene rings is 1. The van der Waals surface area contributed by atoms with Gasteiger partial charge in [-0.15, -0.1) is 0 Å². The Balaban J connectivity index is 1.90. The lowest BCUT2D eigenvalue weighted by Crippen LogP contribution is -2.12. The molecule has 0 bridgehead atoms. The SMILES string of the molecule is OC1CCCc2c1ccn2Cc1cccc(Br)c1. The third kappa shape index (κ3) is 2.25. The van der Waals surface area contributed by atoms with E-state index in [1.165, 1.54) is 11.3 Å². The first-order valence-electron chi connectivity index (χ1n) is 6.34. The molecule has 94 valence electrons. The molecular weight excluding hydrogens is 290 g/mol. The Morgan fingerprint density at radius 2 is 2.22 bits per heavy atom. The molecule has 1 aliphatic rings. The van der Waals surface area contributed by atoms with E-state index in [4.69, 9.17) is 0 Å². The van der Waals surface area contributed by atoms with Gasteiger partial charge in [0.05, 0.1) is 6.10 Å². The number of halogens is 1. The van der Waals surface area contributed by atoms with E-state index in [-0.39, 0.29) is 6.10 Å². The van der Waals surface area contributed by atoms with Crippen molar-refractivity contribution in [2.45, 2.75) is 31.9 Å². The summed E-state index contributed by atoms with van der Waals surface area (Å²) in [5, 5.41) is 9.96. The van der Waals surface area contributed by atoms with E-state index in [1.807, 2.05) is 6.07 Å². The molecule has 3 heteroatoms. The van der Waals surface area contributed by atoms with Crippen LogP contribution in [-0.4, -0.2) is 9.67 Å². The number of hydrogen-bond donors (Lipinski definition) is 1. The van der Waals surface area contributed by atoms with Crippen molar-refractivity contribution < 1.29 is 5.11 Å². The standard InChI is InChI=1S/C15H16BrNO/c16-12-4-1-3-11(9-12)10-17-8-7-13-14(17)5-2-6-15(13)18/h1,3-4,7-9,15,18H,2,5-6,10H2.